The smallest absolute Gasteiger partial charge is 0.248 e. The number of carbonyl (C=O) groups excluding carboxylic acids is 1. The lowest BCUT2D eigenvalue weighted by Crippen LogP contribution is -2.48. The molecule has 1 saturated heterocycles. The number of benzene rings is 1. The second kappa shape index (κ2) is 10.2. The van der Waals surface area contributed by atoms with Crippen molar-refractivity contribution in [3.8, 4) is 0 Å². The van der Waals surface area contributed by atoms with Gasteiger partial charge in [0.2, 0.25) is 5.91 Å². The van der Waals surface area contributed by atoms with Gasteiger partial charge in [-0.15, -0.1) is 6.58 Å². The molecule has 5 heteroatoms. The lowest BCUT2D eigenvalue weighted by molar-refractivity contribution is -0.132. The number of nitrogens with one attached hydrogen (secondary N) is 1. The molecule has 5 nitrogen and oxygen atoms in total. The van der Waals surface area contributed by atoms with Crippen molar-refractivity contribution in [1.82, 2.24) is 10.2 Å². The zero-order valence-electron chi connectivity index (χ0n) is 14.4. The molecule has 0 aromatic heterocycles. The third-order valence-corrected chi connectivity index (χ3v) is 4.03. The summed E-state index contributed by atoms with van der Waals surface area (Å²) in [4.78, 5) is 14.4. The first-order valence-corrected chi connectivity index (χ1v) is 8.57. The van der Waals surface area contributed by atoms with Crippen molar-refractivity contribution in [2.45, 2.75) is 32.1 Å². The number of hydrogen-bond donors (Lipinski definition) is 1. The second-order valence-corrected chi connectivity index (χ2v) is 6.05. The van der Waals surface area contributed by atoms with Crippen LogP contribution in [-0.2, 0) is 20.8 Å². The molecule has 1 fully saturated rings. The summed E-state index contributed by atoms with van der Waals surface area (Å²) in [5.41, 5.74) is 1.30. The highest BCUT2D eigenvalue weighted by Gasteiger charge is 2.22. The van der Waals surface area contributed by atoms with Crippen LogP contribution in [0.5, 0.6) is 0 Å². The van der Waals surface area contributed by atoms with Gasteiger partial charge in [-0.3, -0.25) is 9.69 Å². The summed E-state index contributed by atoms with van der Waals surface area (Å²) in [5, 5.41) is 2.92. The normalized spacial score (nSPS) is 19.6. The topological polar surface area (TPSA) is 50.8 Å². The van der Waals surface area contributed by atoms with Crippen LogP contribution in [0.4, 0.5) is 0 Å². The van der Waals surface area contributed by atoms with Crippen LogP contribution in [0.25, 0.3) is 0 Å². The molecule has 0 radical (unpaired) electrons. The van der Waals surface area contributed by atoms with E-state index in [1.165, 1.54) is 5.56 Å². The first kappa shape index (κ1) is 18.6. The highest BCUT2D eigenvalue weighted by atomic mass is 16.5. The van der Waals surface area contributed by atoms with Gasteiger partial charge in [0.05, 0.1) is 19.3 Å². The van der Waals surface area contributed by atoms with Gasteiger partial charge in [0.15, 0.2) is 0 Å². The molecule has 1 aliphatic rings. The Balaban J connectivity index is 1.70. The Kier molecular flexibility index (Phi) is 7.95. The van der Waals surface area contributed by atoms with Crippen LogP contribution >= 0.6 is 0 Å². The van der Waals surface area contributed by atoms with Crippen molar-refractivity contribution >= 4 is 5.91 Å². The van der Waals surface area contributed by atoms with Gasteiger partial charge in [-0.1, -0.05) is 36.4 Å². The molecule has 0 bridgehead atoms. The lowest BCUT2D eigenvalue weighted by Gasteiger charge is -2.33. The average Bonchev–Trinajstić information content (AvgIpc) is 2.61. The Bertz CT molecular complexity index is 507. The van der Waals surface area contributed by atoms with E-state index in [9.17, 15) is 4.79 Å². The van der Waals surface area contributed by atoms with Gasteiger partial charge in [0.1, 0.15) is 6.10 Å². The number of morpholine rings is 1. The number of ether oxygens (including phenoxy) is 2. The standard InChI is InChI=1S/C19H28N2O3/c1-3-4-11-23-16(2)19(22)20-13-18-15-21(10-12-24-18)14-17-8-6-5-7-9-17/h3,5-9,16,18H,1,4,10-15H2,2H3,(H,20,22)/t16-,18+/m1/s1. The molecular formula is C19H28N2O3. The fourth-order valence-electron chi connectivity index (χ4n) is 2.65. The Morgan fingerprint density at radius 1 is 1.50 bits per heavy atom. The van der Waals surface area contributed by atoms with Crippen molar-refractivity contribution in [2.75, 3.05) is 32.8 Å². The van der Waals surface area contributed by atoms with Gasteiger partial charge >= 0.3 is 0 Å². The monoisotopic (exact) mass is 332 g/mol. The maximum Gasteiger partial charge on any atom is 0.248 e. The lowest BCUT2D eigenvalue weighted by atomic mass is 10.2. The second-order valence-electron chi connectivity index (χ2n) is 6.05. The van der Waals surface area contributed by atoms with Crippen LogP contribution < -0.4 is 5.32 Å². The average molecular weight is 332 g/mol. The highest BCUT2D eigenvalue weighted by molar-refractivity contribution is 5.80. The van der Waals surface area contributed by atoms with Gasteiger partial charge in [0.25, 0.3) is 0 Å². The van der Waals surface area contributed by atoms with Crippen LogP contribution in [0, 0.1) is 0 Å². The van der Waals surface area contributed by atoms with E-state index in [1.807, 2.05) is 6.07 Å². The Hall–Kier alpha value is -1.69. The van der Waals surface area contributed by atoms with Crippen molar-refractivity contribution in [3.63, 3.8) is 0 Å². The highest BCUT2D eigenvalue weighted by Crippen LogP contribution is 2.10. The minimum absolute atomic E-state index is 0.0202. The van der Waals surface area contributed by atoms with Crippen LogP contribution in [0.2, 0.25) is 0 Å². The van der Waals surface area contributed by atoms with Crippen LogP contribution in [0.3, 0.4) is 0 Å². The molecule has 2 atom stereocenters. The molecule has 2 rings (SSSR count). The third-order valence-electron chi connectivity index (χ3n) is 4.03. The van der Waals surface area contributed by atoms with E-state index < -0.39 is 6.10 Å². The molecule has 132 valence electrons. The molecule has 24 heavy (non-hydrogen) atoms. The molecule has 1 heterocycles. The predicted molar refractivity (Wildman–Crippen MR) is 94.7 cm³/mol. The molecule has 1 amide bonds. The first-order chi connectivity index (χ1) is 11.7. The van der Waals surface area contributed by atoms with Gasteiger partial charge in [-0.25, -0.2) is 0 Å². The van der Waals surface area contributed by atoms with E-state index in [0.29, 0.717) is 19.8 Å². The molecule has 0 spiro atoms. The van der Waals surface area contributed by atoms with Gasteiger partial charge in [0, 0.05) is 26.2 Å². The van der Waals surface area contributed by atoms with Crippen LogP contribution in [0.15, 0.2) is 43.0 Å². The van der Waals surface area contributed by atoms with Crippen molar-refractivity contribution in [3.05, 3.63) is 48.6 Å². The molecule has 0 saturated carbocycles. The van der Waals surface area contributed by atoms with E-state index in [4.69, 9.17) is 9.47 Å². The summed E-state index contributed by atoms with van der Waals surface area (Å²) < 4.78 is 11.2. The third kappa shape index (κ3) is 6.43. The van der Waals surface area contributed by atoms with Gasteiger partial charge < -0.3 is 14.8 Å². The number of rotatable bonds is 9. The Morgan fingerprint density at radius 3 is 3.04 bits per heavy atom. The van der Waals surface area contributed by atoms with E-state index in [2.05, 4.69) is 41.1 Å². The molecule has 0 aliphatic carbocycles. The quantitative estimate of drug-likeness (QED) is 0.555. The summed E-state index contributed by atoms with van der Waals surface area (Å²) in [6, 6.07) is 10.4. The largest absolute Gasteiger partial charge is 0.374 e. The maximum atomic E-state index is 12.0. The van der Waals surface area contributed by atoms with E-state index in [-0.39, 0.29) is 12.0 Å². The van der Waals surface area contributed by atoms with E-state index >= 15 is 0 Å². The van der Waals surface area contributed by atoms with Crippen LogP contribution in [-0.4, -0.2) is 55.9 Å². The SMILES string of the molecule is C=CCCO[C@H](C)C(=O)NC[C@H]1CN(Cc2ccccc2)CCO1. The maximum absolute atomic E-state index is 12.0. The predicted octanol–water partition coefficient (Wildman–Crippen LogP) is 1.98. The zero-order chi connectivity index (χ0) is 17.2. The fraction of sp³-hybridized carbons (Fsp3) is 0.526. The van der Waals surface area contributed by atoms with Crippen molar-refractivity contribution in [2.24, 2.45) is 0 Å². The van der Waals surface area contributed by atoms with Gasteiger partial charge in [-0.2, -0.15) is 0 Å². The molecule has 1 aromatic rings. The van der Waals surface area contributed by atoms with Crippen molar-refractivity contribution in [1.29, 1.82) is 0 Å². The number of amides is 1. The Morgan fingerprint density at radius 2 is 2.29 bits per heavy atom. The first-order valence-electron chi connectivity index (χ1n) is 8.57. The Labute approximate surface area is 144 Å². The number of nitrogens with zero attached hydrogens (tertiary/aromatic N) is 1. The minimum Gasteiger partial charge on any atom is -0.374 e. The molecule has 1 N–H and O–H groups in total. The van der Waals surface area contributed by atoms with Crippen LogP contribution in [0.1, 0.15) is 18.9 Å². The zero-order valence-corrected chi connectivity index (χ0v) is 14.4. The number of hydrogen-bond acceptors (Lipinski definition) is 4. The van der Waals surface area contributed by atoms with Crippen molar-refractivity contribution < 1.29 is 14.3 Å². The molecule has 1 aromatic carbocycles. The molecular weight excluding hydrogens is 304 g/mol. The van der Waals surface area contributed by atoms with E-state index in [1.54, 1.807) is 13.0 Å². The number of carbonyl (C=O) groups is 1. The van der Waals surface area contributed by atoms with Gasteiger partial charge in [-0.05, 0) is 18.9 Å². The summed E-state index contributed by atoms with van der Waals surface area (Å²) in [6.07, 6.45) is 2.10. The summed E-state index contributed by atoms with van der Waals surface area (Å²) in [5.74, 6) is -0.0946. The summed E-state index contributed by atoms with van der Waals surface area (Å²) >= 11 is 0. The molecule has 1 aliphatic heterocycles. The minimum atomic E-state index is -0.450. The summed E-state index contributed by atoms with van der Waals surface area (Å²) in [6.45, 7) is 9.77. The fourth-order valence-corrected chi connectivity index (χ4v) is 2.65. The summed E-state index contributed by atoms with van der Waals surface area (Å²) in [7, 11) is 0. The van der Waals surface area contributed by atoms with E-state index in [0.717, 1.165) is 26.1 Å². The molecule has 0 unspecified atom stereocenters.